The molecule has 2 aromatic carbocycles. The van der Waals surface area contributed by atoms with Crippen molar-refractivity contribution >= 4 is 24.0 Å². The van der Waals surface area contributed by atoms with E-state index in [2.05, 4.69) is 36.0 Å². The number of nitrogens with one attached hydrogen (secondary N) is 1. The van der Waals surface area contributed by atoms with Gasteiger partial charge in [0.15, 0.2) is 5.78 Å². The average molecular weight is 583 g/mol. The van der Waals surface area contributed by atoms with Crippen molar-refractivity contribution in [3.8, 4) is 0 Å². The second-order valence-corrected chi connectivity index (χ2v) is 11.7. The normalized spacial score (nSPS) is 20.5. The fourth-order valence-corrected chi connectivity index (χ4v) is 6.16. The van der Waals surface area contributed by atoms with E-state index in [9.17, 15) is 22.8 Å². The first-order valence-electron chi connectivity index (χ1n) is 14.7. The summed E-state index contributed by atoms with van der Waals surface area (Å²) in [5.41, 5.74) is 0.928. The van der Waals surface area contributed by atoms with Crippen LogP contribution in [-0.2, 0) is 10.7 Å². The molecule has 1 N–H and O–H groups in total. The van der Waals surface area contributed by atoms with Gasteiger partial charge in [0.05, 0.1) is 12.2 Å². The van der Waals surface area contributed by atoms with Crippen LogP contribution in [0.5, 0.6) is 0 Å². The van der Waals surface area contributed by atoms with Crippen LogP contribution in [0, 0.1) is 24.6 Å². The Morgan fingerprint density at radius 2 is 1.90 bits per heavy atom. The number of carbonyl (C=O) groups excluding carboxylic acids is 2. The number of rotatable bonds is 11. The van der Waals surface area contributed by atoms with Gasteiger partial charge in [-0.3, -0.25) is 9.59 Å². The van der Waals surface area contributed by atoms with Crippen molar-refractivity contribution in [2.24, 2.45) is 11.8 Å². The third-order valence-corrected chi connectivity index (χ3v) is 8.67. The molecule has 2 aliphatic rings. The number of ketones is 1. The first-order valence-corrected chi connectivity index (χ1v) is 14.7. The lowest BCUT2D eigenvalue weighted by molar-refractivity contribution is 0.0520. The predicted molar refractivity (Wildman–Crippen MR) is 159 cm³/mol. The molecule has 0 saturated heterocycles. The van der Waals surface area contributed by atoms with Crippen molar-refractivity contribution in [3.05, 3.63) is 81.5 Å². The molecule has 0 spiro atoms. The molecule has 0 radical (unpaired) electrons. The van der Waals surface area contributed by atoms with Gasteiger partial charge in [-0.15, -0.1) is 0 Å². The van der Waals surface area contributed by atoms with Crippen molar-refractivity contribution in [1.82, 2.24) is 10.2 Å². The molecule has 3 atom stereocenters. The summed E-state index contributed by atoms with van der Waals surface area (Å²) < 4.78 is 47.5. The van der Waals surface area contributed by atoms with Crippen LogP contribution >= 0.6 is 0 Å². The molecule has 4 rings (SSSR count). The molecule has 8 heteroatoms. The lowest BCUT2D eigenvalue weighted by Gasteiger charge is -2.35. The monoisotopic (exact) mass is 582 g/mol. The van der Waals surface area contributed by atoms with Gasteiger partial charge in [0.1, 0.15) is 5.82 Å². The van der Waals surface area contributed by atoms with E-state index in [0.29, 0.717) is 30.7 Å². The van der Waals surface area contributed by atoms with E-state index in [0.717, 1.165) is 66.8 Å². The Bertz CT molecular complexity index is 1440. The summed E-state index contributed by atoms with van der Waals surface area (Å²) in [7, 11) is 1.60. The molecule has 226 valence electrons. The van der Waals surface area contributed by atoms with Crippen LogP contribution in [0.15, 0.2) is 43.0 Å². The Labute approximate surface area is 246 Å². The molecule has 3 unspecified atom stereocenters. The van der Waals surface area contributed by atoms with E-state index in [4.69, 9.17) is 4.74 Å². The molecule has 0 aromatic heterocycles. The Balaban J connectivity index is 1.46. The molecule has 42 heavy (non-hydrogen) atoms. The van der Waals surface area contributed by atoms with Crippen LogP contribution in [0.1, 0.15) is 77.3 Å². The number of Topliss-reactive ketones (excluding diaryl/α,β-unsaturated/α-hetero) is 1. The molecular formula is C34H41F3N2O3. The van der Waals surface area contributed by atoms with Gasteiger partial charge >= 0.3 is 0 Å². The largest absolute Gasteiger partial charge is 0.383 e. The highest BCUT2D eigenvalue weighted by Gasteiger charge is 2.30. The molecule has 1 aliphatic heterocycles. The number of halogens is 3. The SMILES string of the molecule is C=CC(F)(F)c1ccc(C(=O)CC2CCCC(CN3C=c4c(C)c(C(=O)NCCOC)ccc4=CCC3C)C2)c(F)c1. The van der Waals surface area contributed by atoms with E-state index in [1.54, 1.807) is 7.11 Å². The summed E-state index contributed by atoms with van der Waals surface area (Å²) in [6.07, 6.45) is 9.68. The Kier molecular flexibility index (Phi) is 10.3. The number of hydrogen-bond acceptors (Lipinski definition) is 4. The third-order valence-electron chi connectivity index (χ3n) is 8.67. The van der Waals surface area contributed by atoms with Crippen LogP contribution in [0.2, 0.25) is 0 Å². The fraction of sp³-hybridized carbons (Fsp3) is 0.471. The summed E-state index contributed by atoms with van der Waals surface area (Å²) in [6, 6.07) is 7.16. The zero-order valence-corrected chi connectivity index (χ0v) is 24.7. The van der Waals surface area contributed by atoms with Crippen molar-refractivity contribution < 1.29 is 27.5 Å². The number of alkyl halides is 2. The van der Waals surface area contributed by atoms with Crippen LogP contribution in [0.3, 0.4) is 0 Å². The van der Waals surface area contributed by atoms with Gasteiger partial charge in [-0.05, 0) is 86.4 Å². The lowest BCUT2D eigenvalue weighted by atomic mass is 9.78. The summed E-state index contributed by atoms with van der Waals surface area (Å²) in [6.45, 7) is 8.99. The smallest absolute Gasteiger partial charge is 0.291 e. The van der Waals surface area contributed by atoms with Gasteiger partial charge in [0.2, 0.25) is 0 Å². The van der Waals surface area contributed by atoms with E-state index >= 15 is 0 Å². The molecule has 1 amide bonds. The summed E-state index contributed by atoms with van der Waals surface area (Å²) in [5.74, 6) is -4.28. The van der Waals surface area contributed by atoms with Crippen molar-refractivity contribution in [1.29, 1.82) is 0 Å². The lowest BCUT2D eigenvalue weighted by Crippen LogP contribution is -2.37. The van der Waals surface area contributed by atoms with Gasteiger partial charge in [0, 0.05) is 55.2 Å². The van der Waals surface area contributed by atoms with E-state index in [1.165, 1.54) is 6.07 Å². The van der Waals surface area contributed by atoms with E-state index in [-0.39, 0.29) is 35.6 Å². The zero-order valence-electron chi connectivity index (χ0n) is 24.7. The molecular weight excluding hydrogens is 541 g/mol. The van der Waals surface area contributed by atoms with Gasteiger partial charge in [-0.2, -0.15) is 8.78 Å². The van der Waals surface area contributed by atoms with E-state index < -0.39 is 17.3 Å². The Hall–Kier alpha value is -3.39. The van der Waals surface area contributed by atoms with Crippen LogP contribution < -0.4 is 15.8 Å². The maximum atomic E-state index is 14.7. The number of methoxy groups -OCH3 is 1. The highest BCUT2D eigenvalue weighted by molar-refractivity contribution is 5.96. The predicted octanol–water partition coefficient (Wildman–Crippen LogP) is 5.48. The number of ether oxygens (including phenoxy) is 1. The Morgan fingerprint density at radius 1 is 1.17 bits per heavy atom. The van der Waals surface area contributed by atoms with Crippen LogP contribution in [-0.4, -0.2) is 49.4 Å². The highest BCUT2D eigenvalue weighted by Crippen LogP contribution is 2.34. The number of carbonyl (C=O) groups is 2. The average Bonchev–Trinajstić information content (AvgIpc) is 3.12. The first kappa shape index (κ1) is 31.5. The molecule has 1 fully saturated rings. The quantitative estimate of drug-likeness (QED) is 0.217. The molecule has 5 nitrogen and oxygen atoms in total. The molecule has 2 aromatic rings. The molecule has 1 saturated carbocycles. The minimum atomic E-state index is -3.35. The second kappa shape index (κ2) is 13.7. The number of benzene rings is 2. The summed E-state index contributed by atoms with van der Waals surface area (Å²) >= 11 is 0. The summed E-state index contributed by atoms with van der Waals surface area (Å²) in [4.78, 5) is 28.2. The number of amides is 1. The van der Waals surface area contributed by atoms with Crippen LogP contribution in [0.25, 0.3) is 12.3 Å². The number of nitrogens with zero attached hydrogens (tertiary/aromatic N) is 1. The third kappa shape index (κ3) is 7.33. The molecule has 0 bridgehead atoms. The summed E-state index contributed by atoms with van der Waals surface area (Å²) in [5, 5.41) is 5.06. The number of hydrogen-bond donors (Lipinski definition) is 1. The molecule has 1 heterocycles. The first-order chi connectivity index (χ1) is 20.0. The number of allylic oxidation sites excluding steroid dienone is 1. The standard InChI is InChI=1S/C34H41F3N2O3/c1-5-34(36,37)27-12-14-29(31(35)19-27)32(40)18-24-7-6-8-25(17-24)20-39-21-30-23(3)28(33(41)38-15-16-42-4)13-11-26(30)10-9-22(39)2/h5,10-14,19,21-22,24-25H,1,6-9,15-18,20H2,2-4H3,(H,38,41). The second-order valence-electron chi connectivity index (χ2n) is 11.7. The van der Waals surface area contributed by atoms with Gasteiger partial charge in [-0.1, -0.05) is 31.2 Å². The maximum absolute atomic E-state index is 14.7. The van der Waals surface area contributed by atoms with Crippen LogP contribution in [0.4, 0.5) is 13.2 Å². The maximum Gasteiger partial charge on any atom is 0.291 e. The zero-order chi connectivity index (χ0) is 30.4. The fourth-order valence-electron chi connectivity index (χ4n) is 6.16. The minimum absolute atomic E-state index is 0.107. The van der Waals surface area contributed by atoms with Gasteiger partial charge in [0.25, 0.3) is 11.8 Å². The van der Waals surface area contributed by atoms with Gasteiger partial charge in [-0.25, -0.2) is 4.39 Å². The minimum Gasteiger partial charge on any atom is -0.383 e. The topological polar surface area (TPSA) is 58.6 Å². The number of fused-ring (bicyclic) bond motifs is 1. The molecule has 1 aliphatic carbocycles. The van der Waals surface area contributed by atoms with Crippen molar-refractivity contribution in [3.63, 3.8) is 0 Å². The van der Waals surface area contributed by atoms with Gasteiger partial charge < -0.3 is 15.0 Å². The highest BCUT2D eigenvalue weighted by atomic mass is 19.3. The van der Waals surface area contributed by atoms with E-state index in [1.807, 2.05) is 19.1 Å². The van der Waals surface area contributed by atoms with Crippen molar-refractivity contribution in [2.75, 3.05) is 26.8 Å². The van der Waals surface area contributed by atoms with Crippen molar-refractivity contribution in [2.45, 2.75) is 64.3 Å². The Morgan fingerprint density at radius 3 is 2.62 bits per heavy atom.